The molecule has 0 radical (unpaired) electrons. The van der Waals surface area contributed by atoms with Crippen molar-refractivity contribution in [3.8, 4) is 0 Å². The molecule has 0 bridgehead atoms. The highest BCUT2D eigenvalue weighted by atomic mass is 32.2. The Morgan fingerprint density at radius 3 is 2.05 bits per heavy atom. The van der Waals surface area contributed by atoms with E-state index in [2.05, 4.69) is 0 Å². The second-order valence-electron chi connectivity index (χ2n) is 4.17. The van der Waals surface area contributed by atoms with E-state index in [1.807, 2.05) is 0 Å². The standard InChI is InChI=1S/C12H18O8S/c1-6(13)17-5-9-11(18-7(2)14)21-12(19-8(3)15)10(16-4)20-9/h9-12H,5H2,1-4H3/t9?,10-,11+,12?/m1/s1. The van der Waals surface area contributed by atoms with E-state index in [4.69, 9.17) is 23.7 Å². The lowest BCUT2D eigenvalue weighted by Crippen LogP contribution is -2.49. The lowest BCUT2D eigenvalue weighted by atomic mass is 10.4. The fourth-order valence-electron chi connectivity index (χ4n) is 1.58. The zero-order valence-corrected chi connectivity index (χ0v) is 13.0. The normalized spacial score (nSPS) is 28.6. The lowest BCUT2D eigenvalue weighted by molar-refractivity contribution is -0.224. The SMILES string of the molecule is CO[C@@H]1OC(COC(C)=O)[C@@H](OC(C)=O)SC1OC(C)=O. The topological polar surface area (TPSA) is 97.4 Å². The van der Waals surface area contributed by atoms with Crippen LogP contribution in [0, 0.1) is 0 Å². The van der Waals surface area contributed by atoms with Crippen LogP contribution in [-0.2, 0) is 38.1 Å². The Labute approximate surface area is 126 Å². The Kier molecular flexibility index (Phi) is 6.93. The van der Waals surface area contributed by atoms with Gasteiger partial charge in [0.2, 0.25) is 11.7 Å². The predicted molar refractivity (Wildman–Crippen MR) is 71.0 cm³/mol. The largest absolute Gasteiger partial charge is 0.463 e. The zero-order valence-electron chi connectivity index (χ0n) is 12.2. The van der Waals surface area contributed by atoms with Crippen molar-refractivity contribution in [3.05, 3.63) is 0 Å². The molecule has 0 aliphatic carbocycles. The summed E-state index contributed by atoms with van der Waals surface area (Å²) in [6.07, 6.45) is -1.58. The second kappa shape index (κ2) is 8.20. The molecule has 1 heterocycles. The van der Waals surface area contributed by atoms with E-state index in [1.165, 1.54) is 27.9 Å². The summed E-state index contributed by atoms with van der Waals surface area (Å²) in [5.74, 6) is -1.53. The van der Waals surface area contributed by atoms with Gasteiger partial charge in [0.15, 0.2) is 5.44 Å². The maximum atomic E-state index is 11.1. The van der Waals surface area contributed by atoms with Gasteiger partial charge in [-0.05, 0) is 0 Å². The highest BCUT2D eigenvalue weighted by Gasteiger charge is 2.43. The molecule has 4 atom stereocenters. The number of thioether (sulfide) groups is 1. The van der Waals surface area contributed by atoms with Crippen molar-refractivity contribution in [1.29, 1.82) is 0 Å². The molecule has 0 saturated carbocycles. The van der Waals surface area contributed by atoms with Crippen molar-refractivity contribution in [1.82, 2.24) is 0 Å². The van der Waals surface area contributed by atoms with Crippen LogP contribution in [0.1, 0.15) is 20.8 Å². The third kappa shape index (κ3) is 5.90. The molecule has 8 nitrogen and oxygen atoms in total. The molecule has 1 aliphatic rings. The van der Waals surface area contributed by atoms with Crippen molar-refractivity contribution in [2.45, 2.75) is 44.0 Å². The fourth-order valence-corrected chi connectivity index (χ4v) is 2.85. The third-order valence-electron chi connectivity index (χ3n) is 2.35. The number of hydrogen-bond acceptors (Lipinski definition) is 9. The number of carbonyl (C=O) groups is 3. The summed E-state index contributed by atoms with van der Waals surface area (Å²) in [7, 11) is 1.39. The minimum Gasteiger partial charge on any atom is -0.463 e. The van der Waals surface area contributed by atoms with Gasteiger partial charge in [0, 0.05) is 27.9 Å². The van der Waals surface area contributed by atoms with Crippen molar-refractivity contribution < 1.29 is 38.1 Å². The van der Waals surface area contributed by atoms with Crippen molar-refractivity contribution >= 4 is 29.7 Å². The average molecular weight is 322 g/mol. The van der Waals surface area contributed by atoms with Crippen LogP contribution in [0.4, 0.5) is 0 Å². The van der Waals surface area contributed by atoms with Crippen LogP contribution in [0.5, 0.6) is 0 Å². The molecule has 1 aliphatic heterocycles. The Morgan fingerprint density at radius 2 is 1.57 bits per heavy atom. The average Bonchev–Trinajstić information content (AvgIpc) is 2.36. The van der Waals surface area contributed by atoms with Crippen LogP contribution < -0.4 is 0 Å². The Morgan fingerprint density at radius 1 is 1.00 bits per heavy atom. The Hall–Kier alpha value is -1.32. The highest BCUT2D eigenvalue weighted by Crippen LogP contribution is 2.34. The number of esters is 3. The molecule has 1 saturated heterocycles. The van der Waals surface area contributed by atoms with Crippen LogP contribution in [0.3, 0.4) is 0 Å². The van der Waals surface area contributed by atoms with Gasteiger partial charge in [-0.2, -0.15) is 0 Å². The van der Waals surface area contributed by atoms with Crippen LogP contribution >= 0.6 is 11.8 Å². The summed E-state index contributed by atoms with van der Waals surface area (Å²) in [5.41, 5.74) is -1.57. The first kappa shape index (κ1) is 17.7. The first-order chi connectivity index (χ1) is 9.83. The molecular weight excluding hydrogens is 304 g/mol. The molecular formula is C12H18O8S. The van der Waals surface area contributed by atoms with E-state index < -0.39 is 41.2 Å². The van der Waals surface area contributed by atoms with Gasteiger partial charge in [0.25, 0.3) is 0 Å². The molecule has 9 heteroatoms. The van der Waals surface area contributed by atoms with Gasteiger partial charge >= 0.3 is 17.9 Å². The van der Waals surface area contributed by atoms with Gasteiger partial charge in [0.05, 0.1) is 0 Å². The molecule has 1 rings (SSSR count). The van der Waals surface area contributed by atoms with Gasteiger partial charge in [0.1, 0.15) is 12.7 Å². The van der Waals surface area contributed by atoms with Gasteiger partial charge in [-0.15, -0.1) is 0 Å². The summed E-state index contributed by atoms with van der Waals surface area (Å²) in [4.78, 5) is 33.1. The number of methoxy groups -OCH3 is 1. The monoisotopic (exact) mass is 322 g/mol. The maximum Gasteiger partial charge on any atom is 0.303 e. The quantitative estimate of drug-likeness (QED) is 0.527. The van der Waals surface area contributed by atoms with E-state index in [0.29, 0.717) is 0 Å². The molecule has 2 unspecified atom stereocenters. The third-order valence-corrected chi connectivity index (χ3v) is 3.61. The van der Waals surface area contributed by atoms with Crippen LogP contribution in [0.25, 0.3) is 0 Å². The summed E-state index contributed by atoms with van der Waals surface area (Å²) < 4.78 is 25.7. The second-order valence-corrected chi connectivity index (χ2v) is 5.37. The number of ether oxygens (including phenoxy) is 5. The van der Waals surface area contributed by atoms with Crippen molar-refractivity contribution in [2.75, 3.05) is 13.7 Å². The Bertz CT molecular complexity index is 399. The number of hydrogen-bond donors (Lipinski definition) is 0. The van der Waals surface area contributed by atoms with Gasteiger partial charge in [-0.1, -0.05) is 11.8 Å². The van der Waals surface area contributed by atoms with Crippen LogP contribution in [0.2, 0.25) is 0 Å². The minimum absolute atomic E-state index is 0.104. The molecule has 0 aromatic heterocycles. The van der Waals surface area contributed by atoms with Gasteiger partial charge in [-0.25, -0.2) is 0 Å². The highest BCUT2D eigenvalue weighted by molar-refractivity contribution is 8.00. The maximum absolute atomic E-state index is 11.1. The van der Waals surface area contributed by atoms with E-state index in [0.717, 1.165) is 11.8 Å². The molecule has 0 aromatic carbocycles. The first-order valence-corrected chi connectivity index (χ1v) is 7.09. The summed E-state index contributed by atoms with van der Waals surface area (Å²) in [6, 6.07) is 0. The number of rotatable bonds is 5. The van der Waals surface area contributed by atoms with E-state index >= 15 is 0 Å². The first-order valence-electron chi connectivity index (χ1n) is 6.15. The predicted octanol–water partition coefficient (Wildman–Crippen LogP) is 0.432. The Balaban J connectivity index is 2.78. The molecule has 120 valence electrons. The molecule has 0 aromatic rings. The minimum atomic E-state index is -0.855. The fraction of sp³-hybridized carbons (Fsp3) is 0.750. The van der Waals surface area contributed by atoms with Crippen molar-refractivity contribution in [2.24, 2.45) is 0 Å². The molecule has 1 fully saturated rings. The zero-order chi connectivity index (χ0) is 16.0. The summed E-state index contributed by atoms with van der Waals surface area (Å²) in [6.45, 7) is 3.64. The lowest BCUT2D eigenvalue weighted by Gasteiger charge is -2.38. The van der Waals surface area contributed by atoms with E-state index in [9.17, 15) is 14.4 Å². The van der Waals surface area contributed by atoms with Crippen LogP contribution in [-0.4, -0.2) is 54.9 Å². The van der Waals surface area contributed by atoms with E-state index in [1.54, 1.807) is 0 Å². The smallest absolute Gasteiger partial charge is 0.303 e. The molecule has 0 amide bonds. The molecule has 21 heavy (non-hydrogen) atoms. The number of carbonyl (C=O) groups excluding carboxylic acids is 3. The molecule has 0 N–H and O–H groups in total. The van der Waals surface area contributed by atoms with Gasteiger partial charge in [-0.3, -0.25) is 14.4 Å². The van der Waals surface area contributed by atoms with E-state index in [-0.39, 0.29) is 6.61 Å². The van der Waals surface area contributed by atoms with Crippen molar-refractivity contribution in [3.63, 3.8) is 0 Å². The summed E-state index contributed by atoms with van der Waals surface area (Å²) >= 11 is 1.05. The molecule has 0 spiro atoms. The van der Waals surface area contributed by atoms with Gasteiger partial charge < -0.3 is 23.7 Å². The van der Waals surface area contributed by atoms with Crippen LogP contribution in [0.15, 0.2) is 0 Å². The summed E-state index contributed by atoms with van der Waals surface area (Å²) in [5, 5.41) is 0.